The molecule has 1 unspecified atom stereocenters. The Morgan fingerprint density at radius 1 is 0.912 bits per heavy atom. The Morgan fingerprint density at radius 2 is 1.65 bits per heavy atom. The predicted octanol–water partition coefficient (Wildman–Crippen LogP) is 5.12. The summed E-state index contributed by atoms with van der Waals surface area (Å²) >= 11 is 0. The van der Waals surface area contributed by atoms with E-state index in [1.807, 2.05) is 54.6 Å². The molecule has 0 spiro atoms. The van der Waals surface area contributed by atoms with Crippen LogP contribution >= 0.6 is 0 Å². The van der Waals surface area contributed by atoms with E-state index < -0.39 is 11.8 Å². The van der Waals surface area contributed by atoms with Crippen LogP contribution in [0.5, 0.6) is 11.5 Å². The first-order valence-electron chi connectivity index (χ1n) is 11.4. The number of nitrogens with one attached hydrogen (secondary N) is 1. The Balaban J connectivity index is 1.38. The zero-order valence-corrected chi connectivity index (χ0v) is 19.4. The van der Waals surface area contributed by atoms with Gasteiger partial charge in [0.05, 0.1) is 5.69 Å². The van der Waals surface area contributed by atoms with Crippen LogP contribution in [0, 0.1) is 0 Å². The molecule has 1 heterocycles. The molecular formula is C28H28N2O4. The van der Waals surface area contributed by atoms with Gasteiger partial charge in [-0.2, -0.15) is 0 Å². The molecule has 3 aromatic carbocycles. The number of rotatable bonds is 9. The summed E-state index contributed by atoms with van der Waals surface area (Å²) in [6, 6.07) is 24.4. The highest BCUT2D eigenvalue weighted by atomic mass is 16.5. The third-order valence-electron chi connectivity index (χ3n) is 5.75. The Kier molecular flexibility index (Phi) is 7.28. The lowest BCUT2D eigenvalue weighted by molar-refractivity contribution is -0.117. The maximum atomic E-state index is 12.8. The van der Waals surface area contributed by atoms with Crippen LogP contribution in [0.4, 0.5) is 5.69 Å². The van der Waals surface area contributed by atoms with Crippen molar-refractivity contribution in [3.63, 3.8) is 0 Å². The number of nitrogens with zero attached hydrogens (tertiary/aromatic N) is 1. The molecule has 0 aliphatic carbocycles. The first-order valence-corrected chi connectivity index (χ1v) is 11.4. The van der Waals surface area contributed by atoms with Crippen molar-refractivity contribution >= 4 is 23.6 Å². The zero-order chi connectivity index (χ0) is 23.9. The molecule has 1 aliphatic heterocycles. The fraction of sp³-hybridized carbons (Fsp3) is 0.214. The van der Waals surface area contributed by atoms with Gasteiger partial charge in [-0.15, -0.1) is 0 Å². The van der Waals surface area contributed by atoms with Crippen LogP contribution in [0.2, 0.25) is 0 Å². The van der Waals surface area contributed by atoms with Gasteiger partial charge in [0.1, 0.15) is 30.3 Å². The Morgan fingerprint density at radius 3 is 2.44 bits per heavy atom. The van der Waals surface area contributed by atoms with E-state index in [9.17, 15) is 9.59 Å². The number of ether oxygens (including phenoxy) is 2. The van der Waals surface area contributed by atoms with E-state index in [-0.39, 0.29) is 5.57 Å². The molecule has 0 saturated carbocycles. The van der Waals surface area contributed by atoms with Gasteiger partial charge in [-0.1, -0.05) is 62.4 Å². The molecule has 1 N–H and O–H groups in total. The van der Waals surface area contributed by atoms with Crippen molar-refractivity contribution < 1.29 is 19.1 Å². The molecule has 0 radical (unpaired) electrons. The van der Waals surface area contributed by atoms with Gasteiger partial charge >= 0.3 is 0 Å². The minimum absolute atomic E-state index is 0.0750. The molecule has 4 rings (SSSR count). The summed E-state index contributed by atoms with van der Waals surface area (Å²) in [5.41, 5.74) is 5.19. The normalized spacial score (nSPS) is 15.4. The minimum atomic E-state index is -0.437. The standard InChI is InChI=1S/C28H28N2O4/c1-3-20(2)24-14-7-8-15-26(24)34-17-16-33-23-13-9-10-21(18-23)19-25-27(31)29-30(28(25)32)22-11-5-4-6-12-22/h4-15,18-20H,3,16-17H2,1-2H3,(H,29,31)/b25-19+. The maximum absolute atomic E-state index is 12.8. The molecule has 1 aliphatic rings. The van der Waals surface area contributed by atoms with Gasteiger partial charge < -0.3 is 9.47 Å². The number of para-hydroxylation sites is 2. The number of hydrazine groups is 1. The van der Waals surface area contributed by atoms with Crippen molar-refractivity contribution in [2.24, 2.45) is 0 Å². The lowest BCUT2D eigenvalue weighted by atomic mass is 9.98. The Hall–Kier alpha value is -4.06. The summed E-state index contributed by atoms with van der Waals surface area (Å²) in [5, 5.41) is 1.25. The number of hydrogen-bond acceptors (Lipinski definition) is 4. The average Bonchev–Trinajstić information content (AvgIpc) is 3.15. The molecule has 1 saturated heterocycles. The summed E-state index contributed by atoms with van der Waals surface area (Å²) in [4.78, 5) is 25.2. The molecule has 3 aromatic rings. The molecule has 6 heteroatoms. The zero-order valence-electron chi connectivity index (χ0n) is 19.4. The van der Waals surface area contributed by atoms with E-state index in [1.165, 1.54) is 10.6 Å². The van der Waals surface area contributed by atoms with Gasteiger partial charge in [-0.3, -0.25) is 15.0 Å². The summed E-state index contributed by atoms with van der Waals surface area (Å²) < 4.78 is 11.8. The number of benzene rings is 3. The first kappa shape index (κ1) is 23.1. The monoisotopic (exact) mass is 456 g/mol. The number of anilines is 1. The maximum Gasteiger partial charge on any atom is 0.282 e. The number of carbonyl (C=O) groups excluding carboxylic acids is 2. The largest absolute Gasteiger partial charge is 0.490 e. The van der Waals surface area contributed by atoms with E-state index in [4.69, 9.17) is 9.47 Å². The summed E-state index contributed by atoms with van der Waals surface area (Å²) in [7, 11) is 0. The molecule has 0 aromatic heterocycles. The highest BCUT2D eigenvalue weighted by molar-refractivity contribution is 6.31. The van der Waals surface area contributed by atoms with Gasteiger partial charge in [-0.05, 0) is 59.9 Å². The van der Waals surface area contributed by atoms with Crippen molar-refractivity contribution in [1.82, 2.24) is 5.43 Å². The highest BCUT2D eigenvalue weighted by Gasteiger charge is 2.34. The second-order valence-electron chi connectivity index (χ2n) is 8.09. The quantitative estimate of drug-likeness (QED) is 0.276. The molecule has 6 nitrogen and oxygen atoms in total. The predicted molar refractivity (Wildman–Crippen MR) is 133 cm³/mol. The second kappa shape index (κ2) is 10.7. The molecule has 2 amide bonds. The fourth-order valence-corrected chi connectivity index (χ4v) is 3.73. The molecule has 1 fully saturated rings. The van der Waals surface area contributed by atoms with E-state index in [1.54, 1.807) is 24.3 Å². The van der Waals surface area contributed by atoms with Crippen molar-refractivity contribution in [2.75, 3.05) is 18.2 Å². The van der Waals surface area contributed by atoms with E-state index >= 15 is 0 Å². The van der Waals surface area contributed by atoms with Crippen LogP contribution in [-0.4, -0.2) is 25.0 Å². The van der Waals surface area contributed by atoms with Gasteiger partial charge in [0.25, 0.3) is 11.8 Å². The lowest BCUT2D eigenvalue weighted by Gasteiger charge is -2.16. The SMILES string of the molecule is CCC(C)c1ccccc1OCCOc1cccc(/C=C2\C(=O)NN(c3ccccc3)C2=O)c1. The average molecular weight is 457 g/mol. The molecular weight excluding hydrogens is 428 g/mol. The molecule has 0 bridgehead atoms. The van der Waals surface area contributed by atoms with Crippen LogP contribution in [0.3, 0.4) is 0 Å². The molecule has 34 heavy (non-hydrogen) atoms. The van der Waals surface area contributed by atoms with Crippen molar-refractivity contribution in [1.29, 1.82) is 0 Å². The van der Waals surface area contributed by atoms with Crippen molar-refractivity contribution in [3.05, 3.63) is 95.6 Å². The summed E-state index contributed by atoms with van der Waals surface area (Å²) in [6.07, 6.45) is 2.62. The van der Waals surface area contributed by atoms with Crippen LogP contribution in [-0.2, 0) is 9.59 Å². The Bertz CT molecular complexity index is 1190. The second-order valence-corrected chi connectivity index (χ2v) is 8.09. The topological polar surface area (TPSA) is 67.9 Å². The number of hydrogen-bond donors (Lipinski definition) is 1. The van der Waals surface area contributed by atoms with Crippen LogP contribution < -0.4 is 19.9 Å². The van der Waals surface area contributed by atoms with Gasteiger partial charge in [-0.25, -0.2) is 5.01 Å². The van der Waals surface area contributed by atoms with Crippen LogP contribution in [0.15, 0.2) is 84.4 Å². The first-order chi connectivity index (χ1) is 16.6. The Labute approximate surface area is 199 Å². The third kappa shape index (κ3) is 5.29. The summed E-state index contributed by atoms with van der Waals surface area (Å²) in [6.45, 7) is 5.13. The highest BCUT2D eigenvalue weighted by Crippen LogP contribution is 2.28. The van der Waals surface area contributed by atoms with Gasteiger partial charge in [0.15, 0.2) is 0 Å². The van der Waals surface area contributed by atoms with Crippen molar-refractivity contribution in [2.45, 2.75) is 26.2 Å². The van der Waals surface area contributed by atoms with Crippen molar-refractivity contribution in [3.8, 4) is 11.5 Å². The minimum Gasteiger partial charge on any atom is -0.490 e. The van der Waals surface area contributed by atoms with Gasteiger partial charge in [0.2, 0.25) is 0 Å². The van der Waals surface area contributed by atoms with Crippen LogP contribution in [0.25, 0.3) is 6.08 Å². The van der Waals surface area contributed by atoms with E-state index in [2.05, 4.69) is 25.3 Å². The van der Waals surface area contributed by atoms with E-state index in [0.29, 0.717) is 36.1 Å². The van der Waals surface area contributed by atoms with Crippen LogP contribution in [0.1, 0.15) is 37.3 Å². The number of carbonyl (C=O) groups is 2. The van der Waals surface area contributed by atoms with Gasteiger partial charge in [0, 0.05) is 0 Å². The molecule has 174 valence electrons. The summed E-state index contributed by atoms with van der Waals surface area (Å²) in [5.74, 6) is 1.12. The lowest BCUT2D eigenvalue weighted by Crippen LogP contribution is -2.35. The molecule has 1 atom stereocenters. The van der Waals surface area contributed by atoms with E-state index in [0.717, 1.165) is 12.2 Å². The number of amides is 2. The fourth-order valence-electron chi connectivity index (χ4n) is 3.73. The smallest absolute Gasteiger partial charge is 0.282 e. The third-order valence-corrected chi connectivity index (χ3v) is 5.75.